The second-order valence-electron chi connectivity index (χ2n) is 6.15. The highest BCUT2D eigenvalue weighted by Crippen LogP contribution is 2.24. The molecule has 120 valence electrons. The Morgan fingerprint density at radius 3 is 2.67 bits per heavy atom. The van der Waals surface area contributed by atoms with Crippen molar-refractivity contribution < 1.29 is 14.6 Å². The first-order chi connectivity index (χ1) is 9.66. The van der Waals surface area contributed by atoms with Crippen molar-refractivity contribution in [1.82, 2.24) is 10.6 Å². The summed E-state index contributed by atoms with van der Waals surface area (Å²) in [5.74, 6) is 0. The van der Waals surface area contributed by atoms with Crippen molar-refractivity contribution >= 4 is 17.4 Å². The van der Waals surface area contributed by atoms with E-state index in [2.05, 4.69) is 10.6 Å². The van der Waals surface area contributed by atoms with E-state index in [-0.39, 0.29) is 24.2 Å². The molecule has 2 amide bonds. The lowest BCUT2D eigenvalue weighted by Gasteiger charge is -2.28. The SMILES string of the molecule is COC(C)(C)CC(C)NC(=O)NCC(C)(O)c1cccs1. The molecule has 0 bridgehead atoms. The number of nitrogens with one attached hydrogen (secondary N) is 2. The van der Waals surface area contributed by atoms with Gasteiger partial charge in [-0.3, -0.25) is 0 Å². The monoisotopic (exact) mass is 314 g/mol. The Morgan fingerprint density at radius 2 is 2.14 bits per heavy atom. The van der Waals surface area contributed by atoms with Crippen LogP contribution in [0.2, 0.25) is 0 Å². The van der Waals surface area contributed by atoms with E-state index in [1.807, 2.05) is 38.3 Å². The van der Waals surface area contributed by atoms with Crippen LogP contribution in [0, 0.1) is 0 Å². The molecule has 0 aromatic carbocycles. The first-order valence-electron chi connectivity index (χ1n) is 7.02. The van der Waals surface area contributed by atoms with Crippen LogP contribution < -0.4 is 10.6 Å². The molecule has 21 heavy (non-hydrogen) atoms. The number of carbonyl (C=O) groups is 1. The summed E-state index contributed by atoms with van der Waals surface area (Å²) in [5.41, 5.74) is -1.34. The van der Waals surface area contributed by atoms with Crippen molar-refractivity contribution in [1.29, 1.82) is 0 Å². The molecule has 5 nitrogen and oxygen atoms in total. The van der Waals surface area contributed by atoms with E-state index in [0.717, 1.165) is 4.88 Å². The Bertz CT molecular complexity index is 444. The number of methoxy groups -OCH3 is 1. The fourth-order valence-electron chi connectivity index (χ4n) is 2.07. The molecule has 3 N–H and O–H groups in total. The van der Waals surface area contributed by atoms with Gasteiger partial charge in [0.15, 0.2) is 0 Å². The van der Waals surface area contributed by atoms with Crippen LogP contribution in [0.4, 0.5) is 4.79 Å². The van der Waals surface area contributed by atoms with E-state index >= 15 is 0 Å². The highest BCUT2D eigenvalue weighted by molar-refractivity contribution is 7.10. The summed E-state index contributed by atoms with van der Waals surface area (Å²) in [6, 6.07) is 3.43. The summed E-state index contributed by atoms with van der Waals surface area (Å²) in [5, 5.41) is 17.8. The van der Waals surface area contributed by atoms with E-state index in [0.29, 0.717) is 6.42 Å². The van der Waals surface area contributed by atoms with Gasteiger partial charge in [0, 0.05) is 18.0 Å². The van der Waals surface area contributed by atoms with E-state index in [1.165, 1.54) is 11.3 Å². The van der Waals surface area contributed by atoms with Gasteiger partial charge in [0.25, 0.3) is 0 Å². The Hall–Kier alpha value is -1.11. The molecule has 1 heterocycles. The van der Waals surface area contributed by atoms with Gasteiger partial charge in [0.1, 0.15) is 5.60 Å². The van der Waals surface area contributed by atoms with Crippen LogP contribution in [-0.2, 0) is 10.3 Å². The summed E-state index contributed by atoms with van der Waals surface area (Å²) in [6.45, 7) is 7.74. The maximum absolute atomic E-state index is 11.9. The van der Waals surface area contributed by atoms with Crippen LogP contribution in [-0.4, -0.2) is 36.4 Å². The normalized spacial score (nSPS) is 16.1. The molecular weight excluding hydrogens is 288 g/mol. The highest BCUT2D eigenvalue weighted by atomic mass is 32.1. The third kappa shape index (κ3) is 6.03. The number of urea groups is 1. The lowest BCUT2D eigenvalue weighted by molar-refractivity contribution is 0.00933. The molecule has 6 heteroatoms. The zero-order valence-electron chi connectivity index (χ0n) is 13.4. The number of amides is 2. The van der Waals surface area contributed by atoms with Crippen molar-refractivity contribution in [3.63, 3.8) is 0 Å². The Kier molecular flexibility index (Phi) is 6.19. The molecule has 0 saturated heterocycles. The van der Waals surface area contributed by atoms with Crippen LogP contribution in [0.5, 0.6) is 0 Å². The number of thiophene rings is 1. The lowest BCUT2D eigenvalue weighted by Crippen LogP contribution is -2.47. The molecule has 2 atom stereocenters. The fraction of sp³-hybridized carbons (Fsp3) is 0.667. The molecule has 1 rings (SSSR count). The van der Waals surface area contributed by atoms with Crippen LogP contribution in [0.3, 0.4) is 0 Å². The first-order valence-corrected chi connectivity index (χ1v) is 7.90. The quantitative estimate of drug-likeness (QED) is 0.724. The molecule has 2 unspecified atom stereocenters. The summed E-state index contributed by atoms with van der Waals surface area (Å²) < 4.78 is 5.34. The van der Waals surface area contributed by atoms with Crippen LogP contribution >= 0.6 is 11.3 Å². The molecule has 1 aromatic heterocycles. The van der Waals surface area contributed by atoms with E-state index in [9.17, 15) is 9.90 Å². The van der Waals surface area contributed by atoms with Crippen LogP contribution in [0.15, 0.2) is 17.5 Å². The number of hydrogen-bond acceptors (Lipinski definition) is 4. The van der Waals surface area contributed by atoms with Crippen molar-refractivity contribution in [2.24, 2.45) is 0 Å². The maximum atomic E-state index is 11.9. The Morgan fingerprint density at radius 1 is 1.48 bits per heavy atom. The molecule has 0 spiro atoms. The minimum atomic E-state index is -1.06. The molecule has 0 aliphatic carbocycles. The Balaban J connectivity index is 2.41. The second kappa shape index (κ2) is 7.24. The molecule has 0 aliphatic heterocycles. The summed E-state index contributed by atoms with van der Waals surface area (Å²) in [4.78, 5) is 12.7. The van der Waals surface area contributed by atoms with Gasteiger partial charge in [-0.25, -0.2) is 4.79 Å². The lowest BCUT2D eigenvalue weighted by atomic mass is 10.00. The van der Waals surface area contributed by atoms with Crippen molar-refractivity contribution in [3.8, 4) is 0 Å². The van der Waals surface area contributed by atoms with Gasteiger partial charge < -0.3 is 20.5 Å². The van der Waals surface area contributed by atoms with Gasteiger partial charge in [-0.1, -0.05) is 6.07 Å². The van der Waals surface area contributed by atoms with Crippen LogP contribution in [0.1, 0.15) is 39.0 Å². The smallest absolute Gasteiger partial charge is 0.315 e. The van der Waals surface area contributed by atoms with E-state index in [4.69, 9.17) is 4.74 Å². The number of ether oxygens (including phenoxy) is 1. The summed E-state index contributed by atoms with van der Waals surface area (Å²) in [7, 11) is 1.66. The topological polar surface area (TPSA) is 70.6 Å². The predicted octanol–water partition coefficient (Wildman–Crippen LogP) is 2.46. The zero-order chi connectivity index (χ0) is 16.1. The van der Waals surface area contributed by atoms with E-state index in [1.54, 1.807) is 14.0 Å². The van der Waals surface area contributed by atoms with Gasteiger partial charge in [-0.2, -0.15) is 0 Å². The van der Waals surface area contributed by atoms with Gasteiger partial charge in [0.05, 0.1) is 12.1 Å². The average molecular weight is 314 g/mol. The summed E-state index contributed by atoms with van der Waals surface area (Å²) in [6.07, 6.45) is 0.707. The van der Waals surface area contributed by atoms with Gasteiger partial charge in [-0.15, -0.1) is 11.3 Å². The minimum Gasteiger partial charge on any atom is -0.383 e. The molecule has 0 saturated carbocycles. The van der Waals surface area contributed by atoms with Crippen LogP contribution in [0.25, 0.3) is 0 Å². The second-order valence-corrected chi connectivity index (χ2v) is 7.09. The number of aliphatic hydroxyl groups is 1. The fourth-order valence-corrected chi connectivity index (χ4v) is 2.86. The molecule has 0 aliphatic rings. The van der Waals surface area contributed by atoms with Gasteiger partial charge >= 0.3 is 6.03 Å². The third-order valence-electron chi connectivity index (χ3n) is 3.37. The predicted molar refractivity (Wildman–Crippen MR) is 85.6 cm³/mol. The standard InChI is InChI=1S/C15H26N2O3S/c1-11(9-14(2,3)20-5)17-13(18)16-10-15(4,19)12-7-6-8-21-12/h6-8,11,19H,9-10H2,1-5H3,(H2,16,17,18). The van der Waals surface area contributed by atoms with Crippen molar-refractivity contribution in [2.75, 3.05) is 13.7 Å². The Labute approximate surface area is 130 Å². The first kappa shape index (κ1) is 17.9. The maximum Gasteiger partial charge on any atom is 0.315 e. The number of carbonyl (C=O) groups excluding carboxylic acids is 1. The van der Waals surface area contributed by atoms with Crippen molar-refractivity contribution in [2.45, 2.75) is 51.4 Å². The third-order valence-corrected chi connectivity index (χ3v) is 4.50. The molecule has 1 aromatic rings. The van der Waals surface area contributed by atoms with Crippen molar-refractivity contribution in [3.05, 3.63) is 22.4 Å². The molecular formula is C15H26N2O3S. The van der Waals surface area contributed by atoms with E-state index < -0.39 is 5.60 Å². The highest BCUT2D eigenvalue weighted by Gasteiger charge is 2.26. The largest absolute Gasteiger partial charge is 0.383 e. The minimum absolute atomic E-state index is 0.0216. The zero-order valence-corrected chi connectivity index (χ0v) is 14.2. The number of rotatable bonds is 7. The summed E-state index contributed by atoms with van der Waals surface area (Å²) >= 11 is 1.47. The van der Waals surface area contributed by atoms with Gasteiger partial charge in [0.2, 0.25) is 0 Å². The molecule has 0 radical (unpaired) electrons. The number of hydrogen-bond donors (Lipinski definition) is 3. The van der Waals surface area contributed by atoms with Gasteiger partial charge in [-0.05, 0) is 45.6 Å². The average Bonchev–Trinajstić information content (AvgIpc) is 2.90. The molecule has 0 fully saturated rings.